The maximum atomic E-state index is 12.3. The van der Waals surface area contributed by atoms with Gasteiger partial charge >= 0.3 is 0 Å². The Morgan fingerprint density at radius 1 is 1.11 bits per heavy atom. The summed E-state index contributed by atoms with van der Waals surface area (Å²) in [5, 5.41) is 7.64. The van der Waals surface area contributed by atoms with Gasteiger partial charge in [0, 0.05) is 17.3 Å². The number of carbonyl (C=O) groups excluding carboxylic acids is 1. The second-order valence-corrected chi connectivity index (χ2v) is 6.44. The van der Waals surface area contributed by atoms with E-state index in [0.29, 0.717) is 27.2 Å². The molecule has 0 fully saturated rings. The van der Waals surface area contributed by atoms with Gasteiger partial charge in [0.25, 0.3) is 5.56 Å². The van der Waals surface area contributed by atoms with Crippen LogP contribution < -0.4 is 15.6 Å². The van der Waals surface area contributed by atoms with Gasteiger partial charge in [0.2, 0.25) is 5.91 Å². The fraction of sp³-hybridized carbons (Fsp3) is 0.105. The normalized spacial score (nSPS) is 10.5. The van der Waals surface area contributed by atoms with E-state index in [1.165, 1.54) is 12.1 Å². The summed E-state index contributed by atoms with van der Waals surface area (Å²) in [4.78, 5) is 24.3. The number of amides is 1. The molecular weight excluding hydrogens is 389 g/mol. The van der Waals surface area contributed by atoms with E-state index < -0.39 is 5.91 Å². The van der Waals surface area contributed by atoms with Crippen LogP contribution in [0.2, 0.25) is 10.0 Å². The molecular formula is C19H15Cl2N3O3. The second kappa shape index (κ2) is 8.24. The molecule has 6 nitrogen and oxygen atoms in total. The van der Waals surface area contributed by atoms with Gasteiger partial charge in [-0.05, 0) is 36.4 Å². The van der Waals surface area contributed by atoms with Crippen LogP contribution in [0.4, 0.5) is 5.69 Å². The molecule has 0 aliphatic carbocycles. The summed E-state index contributed by atoms with van der Waals surface area (Å²) in [7, 11) is 1.57. The van der Waals surface area contributed by atoms with Crippen molar-refractivity contribution in [2.24, 2.45) is 0 Å². The highest BCUT2D eigenvalue weighted by Gasteiger charge is 2.10. The van der Waals surface area contributed by atoms with Gasteiger partial charge in [0.05, 0.1) is 22.8 Å². The van der Waals surface area contributed by atoms with Crippen LogP contribution in [0.5, 0.6) is 5.75 Å². The van der Waals surface area contributed by atoms with Crippen LogP contribution in [0.25, 0.3) is 11.3 Å². The predicted octanol–water partition coefficient (Wildman–Crippen LogP) is 3.86. The maximum Gasteiger partial charge on any atom is 0.267 e. The van der Waals surface area contributed by atoms with Crippen LogP contribution in [-0.4, -0.2) is 22.8 Å². The Bertz CT molecular complexity index is 1050. The van der Waals surface area contributed by atoms with E-state index in [1.807, 2.05) is 18.2 Å². The molecule has 1 amide bonds. The van der Waals surface area contributed by atoms with Crippen molar-refractivity contribution in [3.05, 3.63) is 75.0 Å². The zero-order chi connectivity index (χ0) is 19.4. The lowest BCUT2D eigenvalue weighted by atomic mass is 10.1. The van der Waals surface area contributed by atoms with Crippen LogP contribution >= 0.6 is 23.2 Å². The van der Waals surface area contributed by atoms with Crippen molar-refractivity contribution in [3.8, 4) is 17.0 Å². The molecule has 0 saturated carbocycles. The fourth-order valence-electron chi connectivity index (χ4n) is 2.41. The molecule has 1 N–H and O–H groups in total. The molecule has 8 heteroatoms. The lowest BCUT2D eigenvalue weighted by Crippen LogP contribution is -2.29. The number of ether oxygens (including phenoxy) is 1. The molecule has 2 aromatic carbocycles. The molecule has 0 atom stereocenters. The molecule has 0 spiro atoms. The highest BCUT2D eigenvalue weighted by atomic mass is 35.5. The summed E-state index contributed by atoms with van der Waals surface area (Å²) in [5.41, 5.74) is 1.42. The molecule has 0 unspecified atom stereocenters. The third kappa shape index (κ3) is 4.67. The summed E-state index contributed by atoms with van der Waals surface area (Å²) in [5.74, 6) is 0.259. The van der Waals surface area contributed by atoms with E-state index in [9.17, 15) is 9.59 Å². The standard InChI is InChI=1S/C19H15Cl2N3O3/c1-27-14-4-2-3-12(9-14)17-7-8-19(26)24(23-17)11-18(25)22-13-5-6-15(20)16(21)10-13/h2-10H,11H2,1H3,(H,22,25). The van der Waals surface area contributed by atoms with Gasteiger partial charge in [-0.2, -0.15) is 5.10 Å². The summed E-state index contributed by atoms with van der Waals surface area (Å²) in [6.07, 6.45) is 0. The fourth-order valence-corrected chi connectivity index (χ4v) is 2.71. The number of hydrogen-bond donors (Lipinski definition) is 1. The average Bonchev–Trinajstić information content (AvgIpc) is 2.66. The average molecular weight is 404 g/mol. The van der Waals surface area contributed by atoms with Crippen molar-refractivity contribution in [3.63, 3.8) is 0 Å². The van der Waals surface area contributed by atoms with Crippen molar-refractivity contribution in [2.75, 3.05) is 12.4 Å². The highest BCUT2D eigenvalue weighted by molar-refractivity contribution is 6.42. The molecule has 0 radical (unpaired) electrons. The van der Waals surface area contributed by atoms with Gasteiger partial charge < -0.3 is 10.1 Å². The number of nitrogens with zero attached hydrogens (tertiary/aromatic N) is 2. The number of methoxy groups -OCH3 is 1. The number of hydrogen-bond acceptors (Lipinski definition) is 4. The summed E-state index contributed by atoms with van der Waals surface area (Å²) >= 11 is 11.8. The van der Waals surface area contributed by atoms with Gasteiger partial charge in [0.15, 0.2) is 0 Å². The molecule has 1 aromatic heterocycles. The van der Waals surface area contributed by atoms with Crippen LogP contribution in [0.15, 0.2) is 59.4 Å². The molecule has 0 aliphatic heterocycles. The molecule has 138 valence electrons. The molecule has 3 rings (SSSR count). The quantitative estimate of drug-likeness (QED) is 0.701. The van der Waals surface area contributed by atoms with Crippen molar-refractivity contribution in [1.29, 1.82) is 0 Å². The number of benzene rings is 2. The monoisotopic (exact) mass is 403 g/mol. The topological polar surface area (TPSA) is 73.2 Å². The number of rotatable bonds is 5. The van der Waals surface area contributed by atoms with E-state index in [0.717, 1.165) is 10.2 Å². The first kappa shape index (κ1) is 18.9. The van der Waals surface area contributed by atoms with Gasteiger partial charge in [0.1, 0.15) is 12.3 Å². The Kier molecular flexibility index (Phi) is 5.78. The van der Waals surface area contributed by atoms with Crippen molar-refractivity contribution < 1.29 is 9.53 Å². The first-order chi connectivity index (χ1) is 13.0. The van der Waals surface area contributed by atoms with Crippen molar-refractivity contribution in [1.82, 2.24) is 9.78 Å². The van der Waals surface area contributed by atoms with E-state index in [2.05, 4.69) is 10.4 Å². The number of nitrogens with one attached hydrogen (secondary N) is 1. The minimum Gasteiger partial charge on any atom is -0.497 e. The molecule has 0 bridgehead atoms. The second-order valence-electron chi connectivity index (χ2n) is 5.62. The minimum atomic E-state index is -0.411. The highest BCUT2D eigenvalue weighted by Crippen LogP contribution is 2.25. The van der Waals surface area contributed by atoms with E-state index in [1.54, 1.807) is 31.4 Å². The van der Waals surface area contributed by atoms with Gasteiger partial charge in [-0.15, -0.1) is 0 Å². The van der Waals surface area contributed by atoms with Crippen molar-refractivity contribution in [2.45, 2.75) is 6.54 Å². The number of aromatic nitrogens is 2. The Hall–Kier alpha value is -2.83. The van der Waals surface area contributed by atoms with Crippen LogP contribution in [0.3, 0.4) is 0 Å². The largest absolute Gasteiger partial charge is 0.497 e. The summed E-state index contributed by atoms with van der Waals surface area (Å²) in [6, 6.07) is 15.0. The summed E-state index contributed by atoms with van der Waals surface area (Å²) in [6.45, 7) is -0.239. The predicted molar refractivity (Wildman–Crippen MR) is 106 cm³/mol. The molecule has 3 aromatic rings. The van der Waals surface area contributed by atoms with Crippen LogP contribution in [0.1, 0.15) is 0 Å². The van der Waals surface area contributed by atoms with Crippen LogP contribution in [-0.2, 0) is 11.3 Å². The first-order valence-corrected chi connectivity index (χ1v) is 8.69. The Labute approximate surface area is 165 Å². The third-order valence-electron chi connectivity index (χ3n) is 3.73. The van der Waals surface area contributed by atoms with E-state index in [-0.39, 0.29) is 12.1 Å². The van der Waals surface area contributed by atoms with Crippen LogP contribution in [0, 0.1) is 0 Å². The molecule has 0 saturated heterocycles. The minimum absolute atomic E-state index is 0.239. The lowest BCUT2D eigenvalue weighted by Gasteiger charge is -2.09. The number of carbonyl (C=O) groups is 1. The zero-order valence-corrected chi connectivity index (χ0v) is 15.8. The SMILES string of the molecule is COc1cccc(-c2ccc(=O)n(CC(=O)Nc3ccc(Cl)c(Cl)c3)n2)c1. The van der Waals surface area contributed by atoms with E-state index in [4.69, 9.17) is 27.9 Å². The Morgan fingerprint density at radius 3 is 2.67 bits per heavy atom. The zero-order valence-electron chi connectivity index (χ0n) is 14.3. The molecule has 1 heterocycles. The Balaban J connectivity index is 1.80. The smallest absolute Gasteiger partial charge is 0.267 e. The first-order valence-electron chi connectivity index (χ1n) is 7.94. The molecule has 0 aliphatic rings. The Morgan fingerprint density at radius 2 is 1.93 bits per heavy atom. The van der Waals surface area contributed by atoms with Gasteiger partial charge in [-0.1, -0.05) is 35.3 Å². The lowest BCUT2D eigenvalue weighted by molar-refractivity contribution is -0.117. The molecule has 27 heavy (non-hydrogen) atoms. The number of anilines is 1. The number of halogens is 2. The van der Waals surface area contributed by atoms with E-state index >= 15 is 0 Å². The maximum absolute atomic E-state index is 12.3. The van der Waals surface area contributed by atoms with Gasteiger partial charge in [-0.3, -0.25) is 9.59 Å². The van der Waals surface area contributed by atoms with Crippen molar-refractivity contribution >= 4 is 34.8 Å². The van der Waals surface area contributed by atoms with Gasteiger partial charge in [-0.25, -0.2) is 4.68 Å². The third-order valence-corrected chi connectivity index (χ3v) is 4.47. The summed E-state index contributed by atoms with van der Waals surface area (Å²) < 4.78 is 6.30.